The summed E-state index contributed by atoms with van der Waals surface area (Å²) in [6, 6.07) is 18.0. The summed E-state index contributed by atoms with van der Waals surface area (Å²) in [7, 11) is 0. The molecule has 7 heteroatoms. The normalized spacial score (nSPS) is 14.0. The first-order valence-corrected chi connectivity index (χ1v) is 9.60. The molecule has 3 aromatic rings. The standard InChI is InChI=1S/C22H22FN5O/c23-18-8-6-17(7-9-18)16-25-21(29)20-10-11-24-22(26-20)28-14-12-27(13-15-28)19-4-2-1-3-5-19/h1-11H,12-16H2,(H,25,29). The van der Waals surface area contributed by atoms with Gasteiger partial charge in [0.25, 0.3) is 5.91 Å². The number of amides is 1. The summed E-state index contributed by atoms with van der Waals surface area (Å²) >= 11 is 0. The number of para-hydroxylation sites is 1. The second-order valence-electron chi connectivity index (χ2n) is 6.86. The van der Waals surface area contributed by atoms with Crippen LogP contribution in [0.2, 0.25) is 0 Å². The van der Waals surface area contributed by atoms with Crippen LogP contribution in [0.25, 0.3) is 0 Å². The molecule has 2 aromatic carbocycles. The molecule has 0 unspecified atom stereocenters. The zero-order chi connectivity index (χ0) is 20.1. The molecule has 2 heterocycles. The Balaban J connectivity index is 1.36. The summed E-state index contributed by atoms with van der Waals surface area (Å²) in [6.07, 6.45) is 1.61. The van der Waals surface area contributed by atoms with Gasteiger partial charge in [0, 0.05) is 44.6 Å². The lowest BCUT2D eigenvalue weighted by Gasteiger charge is -2.36. The van der Waals surface area contributed by atoms with Gasteiger partial charge < -0.3 is 15.1 Å². The summed E-state index contributed by atoms with van der Waals surface area (Å²) in [5.41, 5.74) is 2.36. The van der Waals surface area contributed by atoms with Crippen molar-refractivity contribution in [2.75, 3.05) is 36.0 Å². The number of rotatable bonds is 5. The largest absolute Gasteiger partial charge is 0.368 e. The highest BCUT2D eigenvalue weighted by Gasteiger charge is 2.20. The third-order valence-electron chi connectivity index (χ3n) is 4.93. The van der Waals surface area contributed by atoms with Crippen LogP contribution in [0.3, 0.4) is 0 Å². The van der Waals surface area contributed by atoms with E-state index in [2.05, 4.69) is 37.2 Å². The van der Waals surface area contributed by atoms with Gasteiger partial charge >= 0.3 is 0 Å². The van der Waals surface area contributed by atoms with Gasteiger partial charge in [-0.1, -0.05) is 30.3 Å². The highest BCUT2D eigenvalue weighted by molar-refractivity contribution is 5.92. The second-order valence-corrected chi connectivity index (χ2v) is 6.86. The molecule has 1 fully saturated rings. The van der Waals surface area contributed by atoms with Gasteiger partial charge in [-0.3, -0.25) is 4.79 Å². The first kappa shape index (κ1) is 18.9. The Kier molecular flexibility index (Phi) is 5.65. The van der Waals surface area contributed by atoms with Crippen LogP contribution in [0.15, 0.2) is 66.9 Å². The van der Waals surface area contributed by atoms with Crippen molar-refractivity contribution < 1.29 is 9.18 Å². The minimum Gasteiger partial charge on any atom is -0.368 e. The minimum absolute atomic E-state index is 0.277. The van der Waals surface area contributed by atoms with Crippen LogP contribution in [-0.4, -0.2) is 42.1 Å². The molecule has 0 atom stereocenters. The van der Waals surface area contributed by atoms with Crippen LogP contribution >= 0.6 is 0 Å². The molecule has 0 aliphatic carbocycles. The SMILES string of the molecule is O=C(NCc1ccc(F)cc1)c1ccnc(N2CCN(c3ccccc3)CC2)n1. The summed E-state index contributed by atoms with van der Waals surface area (Å²) in [5.74, 6) is -0.0130. The molecule has 1 aliphatic heterocycles. The summed E-state index contributed by atoms with van der Waals surface area (Å²) < 4.78 is 13.0. The fourth-order valence-electron chi connectivity index (χ4n) is 3.31. The molecule has 0 bridgehead atoms. The highest BCUT2D eigenvalue weighted by Crippen LogP contribution is 2.18. The Labute approximate surface area is 169 Å². The molecule has 29 heavy (non-hydrogen) atoms. The van der Waals surface area contributed by atoms with Crippen molar-refractivity contribution >= 4 is 17.5 Å². The van der Waals surface area contributed by atoms with E-state index in [9.17, 15) is 9.18 Å². The summed E-state index contributed by atoms with van der Waals surface area (Å²) in [5, 5.41) is 2.81. The topological polar surface area (TPSA) is 61.4 Å². The predicted molar refractivity (Wildman–Crippen MR) is 110 cm³/mol. The van der Waals surface area contributed by atoms with Gasteiger partial charge in [-0.25, -0.2) is 14.4 Å². The van der Waals surface area contributed by atoms with Crippen molar-refractivity contribution in [3.05, 3.63) is 83.9 Å². The average molecular weight is 391 g/mol. The Hall–Kier alpha value is -3.48. The molecule has 1 aliphatic rings. The first-order valence-electron chi connectivity index (χ1n) is 9.60. The Bertz CT molecular complexity index is 956. The Morgan fingerprint density at radius 1 is 0.931 bits per heavy atom. The zero-order valence-electron chi connectivity index (χ0n) is 16.0. The Morgan fingerprint density at radius 3 is 2.34 bits per heavy atom. The van der Waals surface area contributed by atoms with E-state index in [1.807, 2.05) is 18.2 Å². The van der Waals surface area contributed by atoms with Gasteiger partial charge in [-0.2, -0.15) is 0 Å². The van der Waals surface area contributed by atoms with Crippen molar-refractivity contribution in [1.29, 1.82) is 0 Å². The smallest absolute Gasteiger partial charge is 0.270 e. The van der Waals surface area contributed by atoms with Gasteiger partial charge in [0.1, 0.15) is 11.5 Å². The Morgan fingerprint density at radius 2 is 1.62 bits per heavy atom. The number of nitrogens with one attached hydrogen (secondary N) is 1. The monoisotopic (exact) mass is 391 g/mol. The van der Waals surface area contributed by atoms with Gasteiger partial charge in [0.05, 0.1) is 0 Å². The molecular weight excluding hydrogens is 369 g/mol. The molecule has 1 aromatic heterocycles. The number of halogens is 1. The van der Waals surface area contributed by atoms with E-state index in [1.165, 1.54) is 17.8 Å². The zero-order valence-corrected chi connectivity index (χ0v) is 16.0. The highest BCUT2D eigenvalue weighted by atomic mass is 19.1. The fourth-order valence-corrected chi connectivity index (χ4v) is 3.31. The molecule has 0 radical (unpaired) electrons. The van der Waals surface area contributed by atoms with Crippen molar-refractivity contribution in [1.82, 2.24) is 15.3 Å². The van der Waals surface area contributed by atoms with Crippen molar-refractivity contribution in [2.45, 2.75) is 6.54 Å². The summed E-state index contributed by atoms with van der Waals surface area (Å²) in [4.78, 5) is 25.7. The second kappa shape index (κ2) is 8.68. The number of carbonyl (C=O) groups excluding carboxylic acids is 1. The summed E-state index contributed by atoms with van der Waals surface area (Å²) in [6.45, 7) is 3.63. The third kappa shape index (κ3) is 4.68. The molecule has 148 valence electrons. The number of hydrogen-bond donors (Lipinski definition) is 1. The number of piperazine rings is 1. The maximum absolute atomic E-state index is 13.0. The predicted octanol–water partition coefficient (Wildman–Crippen LogP) is 2.87. The van der Waals surface area contributed by atoms with Crippen LogP contribution in [0.5, 0.6) is 0 Å². The average Bonchev–Trinajstić information content (AvgIpc) is 2.79. The molecular formula is C22H22FN5O. The number of anilines is 2. The van der Waals surface area contributed by atoms with Gasteiger partial charge in [-0.15, -0.1) is 0 Å². The molecule has 1 N–H and O–H groups in total. The van der Waals surface area contributed by atoms with E-state index in [4.69, 9.17) is 0 Å². The van der Waals surface area contributed by atoms with Crippen LogP contribution in [-0.2, 0) is 6.54 Å². The van der Waals surface area contributed by atoms with Crippen molar-refractivity contribution in [3.8, 4) is 0 Å². The molecule has 0 spiro atoms. The van der Waals surface area contributed by atoms with E-state index in [0.717, 1.165) is 31.7 Å². The van der Waals surface area contributed by atoms with E-state index >= 15 is 0 Å². The number of aromatic nitrogens is 2. The van der Waals surface area contributed by atoms with Crippen LogP contribution in [0.1, 0.15) is 16.1 Å². The van der Waals surface area contributed by atoms with Crippen molar-refractivity contribution in [2.24, 2.45) is 0 Å². The fraction of sp³-hybridized carbons (Fsp3) is 0.227. The molecule has 4 rings (SSSR count). The van der Waals surface area contributed by atoms with Gasteiger partial charge in [-0.05, 0) is 35.9 Å². The number of benzene rings is 2. The maximum Gasteiger partial charge on any atom is 0.270 e. The number of hydrogen-bond acceptors (Lipinski definition) is 5. The van der Waals surface area contributed by atoms with Gasteiger partial charge in [0.15, 0.2) is 0 Å². The van der Waals surface area contributed by atoms with E-state index < -0.39 is 0 Å². The third-order valence-corrected chi connectivity index (χ3v) is 4.93. The van der Waals surface area contributed by atoms with Crippen LogP contribution in [0.4, 0.5) is 16.0 Å². The lowest BCUT2D eigenvalue weighted by molar-refractivity contribution is 0.0946. The van der Waals surface area contributed by atoms with Gasteiger partial charge in [0.2, 0.25) is 5.95 Å². The maximum atomic E-state index is 13.0. The van der Waals surface area contributed by atoms with Crippen LogP contribution < -0.4 is 15.1 Å². The number of nitrogens with zero attached hydrogens (tertiary/aromatic N) is 4. The number of carbonyl (C=O) groups is 1. The molecule has 1 amide bonds. The van der Waals surface area contributed by atoms with Crippen molar-refractivity contribution in [3.63, 3.8) is 0 Å². The molecule has 1 saturated heterocycles. The molecule has 0 saturated carbocycles. The quantitative estimate of drug-likeness (QED) is 0.725. The van der Waals surface area contributed by atoms with E-state index in [-0.39, 0.29) is 11.7 Å². The lowest BCUT2D eigenvalue weighted by atomic mass is 10.2. The van der Waals surface area contributed by atoms with E-state index in [1.54, 1.807) is 24.4 Å². The lowest BCUT2D eigenvalue weighted by Crippen LogP contribution is -2.47. The minimum atomic E-state index is -0.298. The van der Waals surface area contributed by atoms with E-state index in [0.29, 0.717) is 18.2 Å². The molecule has 6 nitrogen and oxygen atoms in total. The first-order chi connectivity index (χ1) is 14.2. The van der Waals surface area contributed by atoms with Crippen LogP contribution in [0, 0.1) is 5.82 Å².